The fraction of sp³-hybridized carbons (Fsp3) is 0.947. The highest BCUT2D eigenvalue weighted by molar-refractivity contribution is 5.81. The summed E-state index contributed by atoms with van der Waals surface area (Å²) >= 11 is 0. The Balaban J connectivity index is 1.23. The van der Waals surface area contributed by atoms with E-state index in [1.54, 1.807) is 0 Å². The van der Waals surface area contributed by atoms with Gasteiger partial charge >= 0.3 is 0 Å². The number of ether oxygens (including phenoxy) is 3. The first-order valence-corrected chi connectivity index (χ1v) is 10.1. The smallest absolute Gasteiger partial charge is 0.249 e. The molecule has 0 aromatic rings. The number of piperidine rings is 1. The second-order valence-corrected chi connectivity index (χ2v) is 8.09. The third kappa shape index (κ3) is 4.35. The fourth-order valence-corrected chi connectivity index (χ4v) is 4.81. The monoisotopic (exact) mass is 352 g/mol. The molecule has 0 aromatic carbocycles. The zero-order valence-electron chi connectivity index (χ0n) is 15.2. The number of hydrogen-bond donors (Lipinski definition) is 1. The van der Waals surface area contributed by atoms with E-state index >= 15 is 0 Å². The van der Waals surface area contributed by atoms with Crippen molar-refractivity contribution in [1.29, 1.82) is 0 Å². The van der Waals surface area contributed by atoms with E-state index in [0.717, 1.165) is 84.6 Å². The highest BCUT2D eigenvalue weighted by atomic mass is 16.5. The molecule has 4 rings (SSSR count). The number of nitrogens with one attached hydrogen (secondary N) is 1. The number of likely N-dealkylation sites (tertiary alicyclic amines) is 1. The number of amides is 1. The Bertz CT molecular complexity index is 449. The molecule has 1 amide bonds. The molecule has 0 unspecified atom stereocenters. The molecule has 0 aliphatic carbocycles. The van der Waals surface area contributed by atoms with Crippen LogP contribution in [-0.2, 0) is 19.0 Å². The van der Waals surface area contributed by atoms with Crippen LogP contribution in [0.3, 0.4) is 0 Å². The Morgan fingerprint density at radius 3 is 2.48 bits per heavy atom. The number of nitrogens with zero attached hydrogens (tertiary/aromatic N) is 1. The van der Waals surface area contributed by atoms with Gasteiger partial charge in [-0.05, 0) is 56.9 Å². The molecule has 25 heavy (non-hydrogen) atoms. The van der Waals surface area contributed by atoms with Gasteiger partial charge in [-0.1, -0.05) is 0 Å². The highest BCUT2D eigenvalue weighted by Crippen LogP contribution is 2.35. The zero-order valence-corrected chi connectivity index (χ0v) is 15.2. The first-order chi connectivity index (χ1) is 12.3. The summed E-state index contributed by atoms with van der Waals surface area (Å²) in [5.74, 6) is 1.21. The number of fused-ring (bicyclic) bond motifs is 1. The molecule has 142 valence electrons. The Morgan fingerprint density at radius 2 is 1.72 bits per heavy atom. The van der Waals surface area contributed by atoms with Crippen molar-refractivity contribution in [3.05, 3.63) is 0 Å². The third-order valence-electron chi connectivity index (χ3n) is 6.49. The van der Waals surface area contributed by atoms with Gasteiger partial charge in [-0.15, -0.1) is 0 Å². The van der Waals surface area contributed by atoms with E-state index in [2.05, 4.69) is 10.2 Å². The van der Waals surface area contributed by atoms with Gasteiger partial charge in [0.2, 0.25) is 5.91 Å². The molecule has 6 nitrogen and oxygen atoms in total. The molecule has 4 fully saturated rings. The van der Waals surface area contributed by atoms with Crippen LogP contribution in [0.2, 0.25) is 0 Å². The first-order valence-electron chi connectivity index (χ1n) is 10.1. The minimum atomic E-state index is -0.246. The lowest BCUT2D eigenvalue weighted by molar-refractivity contribution is -0.133. The van der Waals surface area contributed by atoms with Crippen molar-refractivity contribution in [2.24, 2.45) is 11.8 Å². The van der Waals surface area contributed by atoms with E-state index in [1.165, 1.54) is 0 Å². The topological polar surface area (TPSA) is 60.0 Å². The lowest BCUT2D eigenvalue weighted by atomic mass is 9.90. The predicted octanol–water partition coefficient (Wildman–Crippen LogP) is 1.19. The van der Waals surface area contributed by atoms with Crippen LogP contribution in [0.4, 0.5) is 0 Å². The van der Waals surface area contributed by atoms with Crippen molar-refractivity contribution in [3.63, 3.8) is 0 Å². The van der Waals surface area contributed by atoms with Crippen LogP contribution >= 0.6 is 0 Å². The van der Waals surface area contributed by atoms with Crippen LogP contribution in [0.15, 0.2) is 0 Å². The van der Waals surface area contributed by atoms with Gasteiger partial charge in [-0.25, -0.2) is 0 Å². The van der Waals surface area contributed by atoms with Crippen LogP contribution in [0, 0.1) is 11.8 Å². The zero-order chi connectivity index (χ0) is 17.1. The van der Waals surface area contributed by atoms with E-state index in [9.17, 15) is 4.79 Å². The summed E-state index contributed by atoms with van der Waals surface area (Å²) in [7, 11) is 0. The first kappa shape index (κ1) is 17.7. The quantitative estimate of drug-likeness (QED) is 0.824. The van der Waals surface area contributed by atoms with Gasteiger partial charge in [0.05, 0.1) is 6.10 Å². The number of carbonyl (C=O) groups excluding carboxylic acids is 1. The van der Waals surface area contributed by atoms with Gasteiger partial charge in [-0.2, -0.15) is 0 Å². The number of hydrogen-bond acceptors (Lipinski definition) is 5. The molecule has 1 N–H and O–H groups in total. The minimum Gasteiger partial charge on any atom is -0.381 e. The Labute approximate surface area is 150 Å². The molecule has 0 saturated carbocycles. The van der Waals surface area contributed by atoms with E-state index < -0.39 is 0 Å². The molecular weight excluding hydrogens is 320 g/mol. The third-order valence-corrected chi connectivity index (χ3v) is 6.49. The molecule has 0 aromatic heterocycles. The van der Waals surface area contributed by atoms with Crippen LogP contribution < -0.4 is 5.32 Å². The SMILES string of the molecule is O=C(NCC1CCOCC1)[C@@H]1C[C@@H]2CCN(C3CCOCC3)C[C@H]2O1. The second kappa shape index (κ2) is 8.33. The van der Waals surface area contributed by atoms with Gasteiger partial charge in [0.25, 0.3) is 0 Å². The van der Waals surface area contributed by atoms with E-state index in [-0.39, 0.29) is 18.1 Å². The van der Waals surface area contributed by atoms with E-state index in [4.69, 9.17) is 14.2 Å². The highest BCUT2D eigenvalue weighted by Gasteiger charge is 2.43. The van der Waals surface area contributed by atoms with E-state index in [1.807, 2.05) is 0 Å². The van der Waals surface area contributed by atoms with Crippen molar-refractivity contribution < 1.29 is 19.0 Å². The van der Waals surface area contributed by atoms with Crippen molar-refractivity contribution in [2.45, 2.75) is 56.8 Å². The summed E-state index contributed by atoms with van der Waals surface area (Å²) in [6.45, 7) is 6.32. The maximum Gasteiger partial charge on any atom is 0.249 e. The molecule has 4 aliphatic rings. The normalized spacial score (nSPS) is 35.4. The predicted molar refractivity (Wildman–Crippen MR) is 93.4 cm³/mol. The maximum atomic E-state index is 12.5. The summed E-state index contributed by atoms with van der Waals surface area (Å²) in [6.07, 6.45) is 6.41. The van der Waals surface area contributed by atoms with Crippen LogP contribution in [0.5, 0.6) is 0 Å². The lowest BCUT2D eigenvalue weighted by Gasteiger charge is -2.40. The second-order valence-electron chi connectivity index (χ2n) is 8.09. The number of rotatable bonds is 4. The largest absolute Gasteiger partial charge is 0.381 e. The average molecular weight is 352 g/mol. The Kier molecular flexibility index (Phi) is 5.90. The summed E-state index contributed by atoms with van der Waals surface area (Å²) in [4.78, 5) is 15.1. The molecule has 0 bridgehead atoms. The fourth-order valence-electron chi connectivity index (χ4n) is 4.81. The van der Waals surface area contributed by atoms with Crippen molar-refractivity contribution >= 4 is 5.91 Å². The minimum absolute atomic E-state index is 0.0958. The molecule has 6 heteroatoms. The summed E-state index contributed by atoms with van der Waals surface area (Å²) in [5, 5.41) is 3.13. The Morgan fingerprint density at radius 1 is 1.00 bits per heavy atom. The molecular formula is C19H32N2O4. The molecule has 0 radical (unpaired) electrons. The summed E-state index contributed by atoms with van der Waals surface area (Å²) in [5.41, 5.74) is 0. The van der Waals surface area contributed by atoms with Gasteiger partial charge in [0.15, 0.2) is 0 Å². The molecule has 4 heterocycles. The standard InChI is InChI=1S/C19H32N2O4/c22-19(20-12-14-2-7-23-8-3-14)17-11-15-1-6-21(13-18(15)25-17)16-4-9-24-10-5-16/h14-18H,1-13H2,(H,20,22)/t15-,17-,18+/m0/s1. The van der Waals surface area contributed by atoms with Crippen LogP contribution in [-0.4, -0.2) is 75.1 Å². The summed E-state index contributed by atoms with van der Waals surface area (Å²) in [6, 6.07) is 0.639. The van der Waals surface area contributed by atoms with Crippen molar-refractivity contribution in [2.75, 3.05) is 46.1 Å². The Hall–Kier alpha value is -0.690. The van der Waals surface area contributed by atoms with Crippen LogP contribution in [0.1, 0.15) is 38.5 Å². The average Bonchev–Trinajstić information content (AvgIpc) is 3.11. The van der Waals surface area contributed by atoms with Gasteiger partial charge < -0.3 is 19.5 Å². The summed E-state index contributed by atoms with van der Waals surface area (Å²) < 4.78 is 17.0. The molecule has 3 atom stereocenters. The lowest BCUT2D eigenvalue weighted by Crippen LogP contribution is -2.49. The van der Waals surface area contributed by atoms with Gasteiger partial charge in [0.1, 0.15) is 6.10 Å². The van der Waals surface area contributed by atoms with Crippen LogP contribution in [0.25, 0.3) is 0 Å². The van der Waals surface area contributed by atoms with E-state index in [0.29, 0.717) is 17.9 Å². The van der Waals surface area contributed by atoms with Gasteiger partial charge in [0, 0.05) is 45.6 Å². The van der Waals surface area contributed by atoms with Gasteiger partial charge in [-0.3, -0.25) is 9.69 Å². The molecule has 4 saturated heterocycles. The van der Waals surface area contributed by atoms with Crippen molar-refractivity contribution in [1.82, 2.24) is 10.2 Å². The van der Waals surface area contributed by atoms with Crippen molar-refractivity contribution in [3.8, 4) is 0 Å². The molecule has 0 spiro atoms. The maximum absolute atomic E-state index is 12.5. The number of carbonyl (C=O) groups is 1. The molecule has 4 aliphatic heterocycles.